The number of aryl methyl sites for hydroxylation is 2. The van der Waals surface area contributed by atoms with Crippen LogP contribution in [0.4, 0.5) is 0 Å². The number of rotatable bonds is 7. The predicted molar refractivity (Wildman–Crippen MR) is 87.0 cm³/mol. The van der Waals surface area contributed by atoms with E-state index in [0.717, 1.165) is 24.8 Å². The van der Waals surface area contributed by atoms with Crippen LogP contribution in [0, 0.1) is 0 Å². The summed E-state index contributed by atoms with van der Waals surface area (Å²) >= 11 is 0. The van der Waals surface area contributed by atoms with Gasteiger partial charge in [-0.1, -0.05) is 35.5 Å². The summed E-state index contributed by atoms with van der Waals surface area (Å²) in [5.41, 5.74) is 2.52. The molecule has 118 valence electrons. The summed E-state index contributed by atoms with van der Waals surface area (Å²) in [5.74, 6) is 0.657. The molecule has 0 unspecified atom stereocenters. The predicted octanol–water partition coefficient (Wildman–Crippen LogP) is 3.67. The van der Waals surface area contributed by atoms with Crippen molar-refractivity contribution < 1.29 is 9.32 Å². The monoisotopic (exact) mass is 309 g/mol. The topological polar surface area (TPSA) is 60.9 Å². The minimum atomic E-state index is 0.0286. The van der Waals surface area contributed by atoms with Gasteiger partial charge in [0, 0.05) is 37.0 Å². The first-order valence-corrected chi connectivity index (χ1v) is 7.76. The largest absolute Gasteiger partial charge is 0.356 e. The van der Waals surface area contributed by atoms with Gasteiger partial charge in [0.1, 0.15) is 5.69 Å². The van der Waals surface area contributed by atoms with Crippen LogP contribution in [0.5, 0.6) is 0 Å². The van der Waals surface area contributed by atoms with E-state index in [1.165, 1.54) is 5.69 Å². The van der Waals surface area contributed by atoms with Crippen molar-refractivity contribution in [2.45, 2.75) is 25.7 Å². The van der Waals surface area contributed by atoms with Gasteiger partial charge in [-0.15, -0.1) is 0 Å². The fourth-order valence-corrected chi connectivity index (χ4v) is 2.51. The number of benzene rings is 1. The Kier molecular flexibility index (Phi) is 4.66. The third-order valence-corrected chi connectivity index (χ3v) is 3.86. The van der Waals surface area contributed by atoms with Crippen molar-refractivity contribution in [3.05, 3.63) is 60.0 Å². The molecular weight excluding hydrogens is 290 g/mol. The number of aromatic nitrogens is 3. The van der Waals surface area contributed by atoms with E-state index >= 15 is 0 Å². The Balaban J connectivity index is 1.51. The fraction of sp³-hybridized carbons (Fsp3) is 0.278. The molecule has 0 spiro atoms. The molecule has 0 saturated heterocycles. The summed E-state index contributed by atoms with van der Waals surface area (Å²) in [6, 6.07) is 13.4. The Morgan fingerprint density at radius 3 is 2.74 bits per heavy atom. The molecule has 0 aliphatic rings. The number of hydrogen-bond acceptors (Lipinski definition) is 4. The van der Waals surface area contributed by atoms with Crippen LogP contribution in [-0.4, -0.2) is 20.7 Å². The Hall–Kier alpha value is -2.69. The minimum Gasteiger partial charge on any atom is -0.356 e. The molecule has 2 aromatic heterocycles. The maximum atomic E-state index is 12.2. The molecule has 0 aliphatic heterocycles. The Morgan fingerprint density at radius 1 is 1.17 bits per heavy atom. The Labute approximate surface area is 134 Å². The number of carbonyl (C=O) groups is 1. The van der Waals surface area contributed by atoms with Gasteiger partial charge in [-0.25, -0.2) is 0 Å². The zero-order valence-corrected chi connectivity index (χ0v) is 13.1. The molecule has 5 nitrogen and oxygen atoms in total. The molecule has 0 atom stereocenters. The lowest BCUT2D eigenvalue weighted by Crippen LogP contribution is -2.01. The molecule has 3 aromatic rings. The minimum absolute atomic E-state index is 0.0286. The molecule has 2 heterocycles. The third kappa shape index (κ3) is 3.74. The molecule has 3 rings (SSSR count). The Morgan fingerprint density at radius 2 is 2.00 bits per heavy atom. The van der Waals surface area contributed by atoms with Crippen molar-refractivity contribution >= 4 is 5.78 Å². The fourth-order valence-electron chi connectivity index (χ4n) is 2.51. The van der Waals surface area contributed by atoms with E-state index in [0.29, 0.717) is 17.9 Å². The molecule has 0 aliphatic carbocycles. The molecule has 1 aromatic carbocycles. The maximum Gasteiger partial charge on any atom is 0.184 e. The summed E-state index contributed by atoms with van der Waals surface area (Å²) in [4.78, 5) is 12.2. The highest BCUT2D eigenvalue weighted by molar-refractivity contribution is 5.94. The van der Waals surface area contributed by atoms with Crippen LogP contribution in [0.25, 0.3) is 11.3 Å². The quantitative estimate of drug-likeness (QED) is 0.493. The smallest absolute Gasteiger partial charge is 0.184 e. The zero-order chi connectivity index (χ0) is 16.1. The molecule has 0 fully saturated rings. The molecular formula is C18H19N3O2. The molecule has 5 heteroatoms. The average Bonchev–Trinajstić information content (AvgIpc) is 3.22. The van der Waals surface area contributed by atoms with Crippen LogP contribution >= 0.6 is 0 Å². The van der Waals surface area contributed by atoms with Crippen molar-refractivity contribution in [3.8, 4) is 11.3 Å². The molecule has 0 saturated carbocycles. The summed E-state index contributed by atoms with van der Waals surface area (Å²) in [6.45, 7) is 0. The highest BCUT2D eigenvalue weighted by Gasteiger charge is 2.13. The summed E-state index contributed by atoms with van der Waals surface area (Å²) in [7, 11) is 1.93. The number of nitrogens with zero attached hydrogens (tertiary/aromatic N) is 3. The number of ketones is 1. The van der Waals surface area contributed by atoms with E-state index in [9.17, 15) is 4.79 Å². The third-order valence-electron chi connectivity index (χ3n) is 3.86. The van der Waals surface area contributed by atoms with Crippen LogP contribution in [0.3, 0.4) is 0 Å². The lowest BCUT2D eigenvalue weighted by molar-refractivity contribution is 0.0970. The van der Waals surface area contributed by atoms with E-state index in [1.54, 1.807) is 12.3 Å². The normalized spacial score (nSPS) is 10.8. The maximum absolute atomic E-state index is 12.2. The van der Waals surface area contributed by atoms with Crippen LogP contribution in [0.1, 0.15) is 35.4 Å². The number of Topliss-reactive ketones (excluding diaryl/α,β-unsaturated/α-hetero) is 1. The first kappa shape index (κ1) is 15.2. The van der Waals surface area contributed by atoms with Crippen molar-refractivity contribution in [1.29, 1.82) is 0 Å². The number of unbranched alkanes of at least 4 members (excludes halogenated alkanes) is 1. The second-order valence-corrected chi connectivity index (χ2v) is 5.52. The molecule has 0 N–H and O–H groups in total. The van der Waals surface area contributed by atoms with Crippen molar-refractivity contribution in [2.75, 3.05) is 0 Å². The molecule has 23 heavy (non-hydrogen) atoms. The average molecular weight is 309 g/mol. The highest BCUT2D eigenvalue weighted by atomic mass is 16.5. The van der Waals surface area contributed by atoms with Crippen molar-refractivity contribution in [2.24, 2.45) is 7.05 Å². The Bertz CT molecular complexity index is 774. The van der Waals surface area contributed by atoms with Gasteiger partial charge in [-0.2, -0.15) is 5.10 Å². The number of hydrogen-bond donors (Lipinski definition) is 0. The second-order valence-electron chi connectivity index (χ2n) is 5.52. The van der Waals surface area contributed by atoms with Gasteiger partial charge in [0.25, 0.3) is 0 Å². The van der Waals surface area contributed by atoms with E-state index < -0.39 is 0 Å². The van der Waals surface area contributed by atoms with Gasteiger partial charge in [0.15, 0.2) is 11.5 Å². The van der Waals surface area contributed by atoms with E-state index in [-0.39, 0.29) is 5.78 Å². The first-order valence-electron chi connectivity index (χ1n) is 7.76. The van der Waals surface area contributed by atoms with Crippen LogP contribution < -0.4 is 0 Å². The second kappa shape index (κ2) is 7.05. The van der Waals surface area contributed by atoms with Gasteiger partial charge in [-0.05, 0) is 25.3 Å². The van der Waals surface area contributed by atoms with E-state index in [2.05, 4.69) is 10.3 Å². The SMILES string of the molecule is Cn1nccc1CCCCC(=O)c1cc(-c2ccccc2)on1. The van der Waals surface area contributed by atoms with Crippen LogP contribution in [0.15, 0.2) is 53.2 Å². The van der Waals surface area contributed by atoms with Crippen molar-refractivity contribution in [3.63, 3.8) is 0 Å². The van der Waals surface area contributed by atoms with Crippen LogP contribution in [0.2, 0.25) is 0 Å². The van der Waals surface area contributed by atoms with Crippen LogP contribution in [-0.2, 0) is 13.5 Å². The first-order chi connectivity index (χ1) is 11.2. The van der Waals surface area contributed by atoms with Gasteiger partial charge in [0.2, 0.25) is 0 Å². The molecule has 0 bridgehead atoms. The summed E-state index contributed by atoms with van der Waals surface area (Å²) < 4.78 is 7.14. The lowest BCUT2D eigenvalue weighted by atomic mass is 10.1. The van der Waals surface area contributed by atoms with E-state index in [1.807, 2.05) is 48.1 Å². The van der Waals surface area contributed by atoms with Crippen molar-refractivity contribution in [1.82, 2.24) is 14.9 Å². The number of carbonyl (C=O) groups excluding carboxylic acids is 1. The standard InChI is InChI=1S/C18H19N3O2/c1-21-15(11-12-19-21)9-5-6-10-17(22)16-13-18(23-20-16)14-7-3-2-4-8-14/h2-4,7-8,11-13H,5-6,9-10H2,1H3. The zero-order valence-electron chi connectivity index (χ0n) is 13.1. The molecule has 0 amide bonds. The van der Waals surface area contributed by atoms with Gasteiger partial charge in [0.05, 0.1) is 0 Å². The van der Waals surface area contributed by atoms with Gasteiger partial charge < -0.3 is 4.52 Å². The lowest BCUT2D eigenvalue weighted by Gasteiger charge is -2.01. The summed E-state index contributed by atoms with van der Waals surface area (Å²) in [6.07, 6.45) is 4.99. The van der Waals surface area contributed by atoms with Gasteiger partial charge >= 0.3 is 0 Å². The molecule has 0 radical (unpaired) electrons. The van der Waals surface area contributed by atoms with E-state index in [4.69, 9.17) is 4.52 Å². The summed E-state index contributed by atoms with van der Waals surface area (Å²) in [5, 5.41) is 8.03. The highest BCUT2D eigenvalue weighted by Crippen LogP contribution is 2.20. The van der Waals surface area contributed by atoms with Gasteiger partial charge in [-0.3, -0.25) is 9.48 Å².